The number of nitrogens with zero attached hydrogens (tertiary/aromatic N) is 2. The van der Waals surface area contributed by atoms with E-state index in [1.807, 2.05) is 23.9 Å². The van der Waals surface area contributed by atoms with E-state index < -0.39 is 0 Å². The summed E-state index contributed by atoms with van der Waals surface area (Å²) in [7, 11) is 0. The summed E-state index contributed by atoms with van der Waals surface area (Å²) in [5.74, 6) is 0. The van der Waals surface area contributed by atoms with Crippen molar-refractivity contribution in [2.24, 2.45) is 0 Å². The van der Waals surface area contributed by atoms with E-state index in [0.717, 1.165) is 0 Å². The molecule has 0 aliphatic heterocycles. The largest absolute Gasteiger partial charge is 0.394 e. The molecule has 1 atom stereocenters. The van der Waals surface area contributed by atoms with Gasteiger partial charge in [0.15, 0.2) is 0 Å². The molecule has 0 spiro atoms. The van der Waals surface area contributed by atoms with Gasteiger partial charge in [-0.3, -0.25) is 4.68 Å². The number of aromatic nitrogens is 2. The van der Waals surface area contributed by atoms with Crippen LogP contribution in [0, 0.1) is 0 Å². The Hall–Kier alpha value is -0.870. The van der Waals surface area contributed by atoms with Gasteiger partial charge < -0.3 is 10.4 Å². The molecule has 1 fully saturated rings. The molecule has 0 bridgehead atoms. The van der Waals surface area contributed by atoms with Gasteiger partial charge in [-0.1, -0.05) is 0 Å². The quantitative estimate of drug-likeness (QED) is 0.714. The molecule has 1 heterocycles. The van der Waals surface area contributed by atoms with Crippen molar-refractivity contribution < 1.29 is 5.11 Å². The lowest BCUT2D eigenvalue weighted by Gasteiger charge is -2.28. The van der Waals surface area contributed by atoms with E-state index in [0.29, 0.717) is 12.6 Å². The molecule has 4 nitrogen and oxygen atoms in total. The van der Waals surface area contributed by atoms with Crippen LogP contribution >= 0.6 is 0 Å². The number of aliphatic hydroxyl groups excluding tert-OH is 1. The molecule has 0 saturated heterocycles. The maximum atomic E-state index is 9.36. The second kappa shape index (κ2) is 3.71. The third kappa shape index (κ3) is 2.33. The van der Waals surface area contributed by atoms with E-state index in [1.165, 1.54) is 12.8 Å². The molecule has 78 valence electrons. The number of aliphatic hydroxyl groups is 1. The van der Waals surface area contributed by atoms with Crippen molar-refractivity contribution in [1.29, 1.82) is 0 Å². The van der Waals surface area contributed by atoms with Gasteiger partial charge >= 0.3 is 0 Å². The molecule has 1 aromatic heterocycles. The summed E-state index contributed by atoms with van der Waals surface area (Å²) in [5.41, 5.74) is -0.243. The van der Waals surface area contributed by atoms with Crippen LogP contribution < -0.4 is 5.32 Å². The van der Waals surface area contributed by atoms with Crippen LogP contribution in [0.15, 0.2) is 18.5 Å². The lowest BCUT2D eigenvalue weighted by Crippen LogP contribution is -2.50. The Kier molecular flexibility index (Phi) is 2.56. The topological polar surface area (TPSA) is 50.1 Å². The molecule has 2 rings (SSSR count). The SMILES string of the molecule is CC(CO)(Cn1cccn1)NC1CC1. The third-order valence-corrected chi connectivity index (χ3v) is 2.55. The van der Waals surface area contributed by atoms with Crippen LogP contribution in [0.25, 0.3) is 0 Å². The van der Waals surface area contributed by atoms with Gasteiger partial charge in [0.2, 0.25) is 0 Å². The summed E-state index contributed by atoms with van der Waals surface area (Å²) in [6.45, 7) is 2.89. The number of hydrogen-bond acceptors (Lipinski definition) is 3. The summed E-state index contributed by atoms with van der Waals surface area (Å²) >= 11 is 0. The fourth-order valence-electron chi connectivity index (χ4n) is 1.61. The van der Waals surface area contributed by atoms with Crippen molar-refractivity contribution in [3.8, 4) is 0 Å². The lowest BCUT2D eigenvalue weighted by molar-refractivity contribution is 0.151. The highest BCUT2D eigenvalue weighted by molar-refractivity contribution is 4.93. The third-order valence-electron chi connectivity index (χ3n) is 2.55. The first-order valence-electron chi connectivity index (χ1n) is 5.08. The van der Waals surface area contributed by atoms with Crippen LogP contribution in [0.3, 0.4) is 0 Å². The molecule has 1 saturated carbocycles. The van der Waals surface area contributed by atoms with Crippen molar-refractivity contribution in [2.45, 2.75) is 37.9 Å². The Morgan fingerprint density at radius 1 is 1.64 bits per heavy atom. The molecule has 1 aliphatic carbocycles. The van der Waals surface area contributed by atoms with Gasteiger partial charge in [0.25, 0.3) is 0 Å². The van der Waals surface area contributed by atoms with Crippen molar-refractivity contribution in [2.75, 3.05) is 6.61 Å². The standard InChI is InChI=1S/C10H17N3O/c1-10(8-14,12-9-3-4-9)7-13-6-2-5-11-13/h2,5-6,9,12,14H,3-4,7-8H2,1H3. The van der Waals surface area contributed by atoms with E-state index in [9.17, 15) is 5.11 Å². The Morgan fingerprint density at radius 2 is 2.43 bits per heavy atom. The molecule has 4 heteroatoms. The van der Waals surface area contributed by atoms with E-state index in [-0.39, 0.29) is 12.1 Å². The number of nitrogens with one attached hydrogen (secondary N) is 1. The van der Waals surface area contributed by atoms with Gasteiger partial charge in [-0.25, -0.2) is 0 Å². The first-order chi connectivity index (χ1) is 6.72. The normalized spacial score (nSPS) is 20.7. The fraction of sp³-hybridized carbons (Fsp3) is 0.700. The second-order valence-electron chi connectivity index (χ2n) is 4.34. The molecule has 0 radical (unpaired) electrons. The van der Waals surface area contributed by atoms with Crippen LogP contribution in [0.4, 0.5) is 0 Å². The Bertz CT molecular complexity index is 282. The van der Waals surface area contributed by atoms with Crippen molar-refractivity contribution in [3.05, 3.63) is 18.5 Å². The summed E-state index contributed by atoms with van der Waals surface area (Å²) in [4.78, 5) is 0. The van der Waals surface area contributed by atoms with Gasteiger partial charge in [0.1, 0.15) is 0 Å². The predicted molar refractivity (Wildman–Crippen MR) is 53.9 cm³/mol. The van der Waals surface area contributed by atoms with Gasteiger partial charge in [-0.15, -0.1) is 0 Å². The second-order valence-corrected chi connectivity index (χ2v) is 4.34. The first kappa shape index (κ1) is 9.68. The Labute approximate surface area is 83.9 Å². The zero-order chi connectivity index (χ0) is 10.0. The fourth-order valence-corrected chi connectivity index (χ4v) is 1.61. The molecule has 1 aromatic rings. The Balaban J connectivity index is 1.96. The van der Waals surface area contributed by atoms with E-state index in [1.54, 1.807) is 6.20 Å². The smallest absolute Gasteiger partial charge is 0.0628 e. The van der Waals surface area contributed by atoms with Gasteiger partial charge in [0, 0.05) is 18.4 Å². The first-order valence-corrected chi connectivity index (χ1v) is 5.08. The molecule has 0 amide bonds. The summed E-state index contributed by atoms with van der Waals surface area (Å²) in [5, 5.41) is 16.9. The summed E-state index contributed by atoms with van der Waals surface area (Å²) in [6, 6.07) is 2.50. The highest BCUT2D eigenvalue weighted by atomic mass is 16.3. The highest BCUT2D eigenvalue weighted by Crippen LogP contribution is 2.22. The molecular formula is C10H17N3O. The van der Waals surface area contributed by atoms with Crippen molar-refractivity contribution in [3.63, 3.8) is 0 Å². The van der Waals surface area contributed by atoms with Gasteiger partial charge in [-0.2, -0.15) is 5.10 Å². The maximum absolute atomic E-state index is 9.36. The predicted octanol–water partition coefficient (Wildman–Crippen LogP) is 0.386. The zero-order valence-electron chi connectivity index (χ0n) is 8.48. The van der Waals surface area contributed by atoms with E-state index in [4.69, 9.17) is 0 Å². The van der Waals surface area contributed by atoms with E-state index in [2.05, 4.69) is 10.4 Å². The van der Waals surface area contributed by atoms with E-state index >= 15 is 0 Å². The minimum absolute atomic E-state index is 0.142. The molecule has 14 heavy (non-hydrogen) atoms. The van der Waals surface area contributed by atoms with Crippen molar-refractivity contribution >= 4 is 0 Å². The van der Waals surface area contributed by atoms with Crippen LogP contribution in [-0.2, 0) is 6.54 Å². The van der Waals surface area contributed by atoms with Crippen molar-refractivity contribution in [1.82, 2.24) is 15.1 Å². The number of rotatable bonds is 5. The molecule has 1 unspecified atom stereocenters. The minimum Gasteiger partial charge on any atom is -0.394 e. The Morgan fingerprint density at radius 3 is 2.93 bits per heavy atom. The van der Waals surface area contributed by atoms with Crippen LogP contribution in [-0.4, -0.2) is 33.1 Å². The average molecular weight is 195 g/mol. The minimum atomic E-state index is -0.243. The van der Waals surface area contributed by atoms with Crippen LogP contribution in [0.1, 0.15) is 19.8 Å². The maximum Gasteiger partial charge on any atom is 0.0628 e. The summed E-state index contributed by atoms with van der Waals surface area (Å²) < 4.78 is 1.85. The summed E-state index contributed by atoms with van der Waals surface area (Å²) in [6.07, 6.45) is 6.14. The number of hydrogen-bond donors (Lipinski definition) is 2. The molecule has 2 N–H and O–H groups in total. The molecular weight excluding hydrogens is 178 g/mol. The molecule has 0 aromatic carbocycles. The highest BCUT2D eigenvalue weighted by Gasteiger charge is 2.32. The average Bonchev–Trinajstić information content (AvgIpc) is 2.81. The van der Waals surface area contributed by atoms with Crippen LogP contribution in [0.5, 0.6) is 0 Å². The monoisotopic (exact) mass is 195 g/mol. The lowest BCUT2D eigenvalue weighted by atomic mass is 10.0. The van der Waals surface area contributed by atoms with Gasteiger partial charge in [-0.05, 0) is 25.8 Å². The molecule has 1 aliphatic rings. The van der Waals surface area contributed by atoms with Crippen LogP contribution in [0.2, 0.25) is 0 Å². The zero-order valence-corrected chi connectivity index (χ0v) is 8.48. The van der Waals surface area contributed by atoms with Gasteiger partial charge in [0.05, 0.1) is 18.7 Å².